The van der Waals surface area contributed by atoms with E-state index >= 15 is 0 Å². The third kappa shape index (κ3) is 2.00. The molecule has 0 radical (unpaired) electrons. The van der Waals surface area contributed by atoms with Crippen LogP contribution in [0, 0.1) is 0 Å². The van der Waals surface area contributed by atoms with Gasteiger partial charge < -0.3 is 5.32 Å². The first-order chi connectivity index (χ1) is 8.74. The van der Waals surface area contributed by atoms with Gasteiger partial charge >= 0.3 is 0 Å². The van der Waals surface area contributed by atoms with E-state index in [0.717, 1.165) is 10.9 Å². The molecule has 0 saturated heterocycles. The van der Waals surface area contributed by atoms with Gasteiger partial charge in [-0.1, -0.05) is 23.2 Å². The number of rotatable bonds is 2. The van der Waals surface area contributed by atoms with Crippen molar-refractivity contribution in [2.75, 3.05) is 5.32 Å². The van der Waals surface area contributed by atoms with Crippen LogP contribution in [0.2, 0.25) is 10.0 Å². The number of pyridine rings is 1. The van der Waals surface area contributed by atoms with Crippen LogP contribution in [0.1, 0.15) is 0 Å². The number of aromatic amines is 1. The van der Waals surface area contributed by atoms with E-state index in [2.05, 4.69) is 20.5 Å². The lowest BCUT2D eigenvalue weighted by Crippen LogP contribution is -1.92. The summed E-state index contributed by atoms with van der Waals surface area (Å²) in [6.07, 6.45) is 3.29. The lowest BCUT2D eigenvalue weighted by atomic mass is 10.2. The molecule has 6 heteroatoms. The molecule has 0 bridgehead atoms. The van der Waals surface area contributed by atoms with E-state index in [4.69, 9.17) is 23.2 Å². The zero-order valence-corrected chi connectivity index (χ0v) is 10.6. The summed E-state index contributed by atoms with van der Waals surface area (Å²) in [7, 11) is 0. The highest BCUT2D eigenvalue weighted by atomic mass is 35.5. The van der Waals surface area contributed by atoms with Gasteiger partial charge in [-0.3, -0.25) is 10.1 Å². The molecule has 0 saturated carbocycles. The Morgan fingerprint density at radius 3 is 2.89 bits per heavy atom. The van der Waals surface area contributed by atoms with Gasteiger partial charge in [0.2, 0.25) is 0 Å². The van der Waals surface area contributed by atoms with Gasteiger partial charge in [0.15, 0.2) is 5.82 Å². The molecule has 1 aromatic carbocycles. The summed E-state index contributed by atoms with van der Waals surface area (Å²) >= 11 is 12.0. The van der Waals surface area contributed by atoms with E-state index in [1.807, 2.05) is 18.2 Å². The second kappa shape index (κ2) is 4.48. The highest BCUT2D eigenvalue weighted by molar-refractivity contribution is 6.33. The first kappa shape index (κ1) is 11.3. The van der Waals surface area contributed by atoms with Gasteiger partial charge in [-0.05, 0) is 24.3 Å². The molecule has 0 atom stereocenters. The topological polar surface area (TPSA) is 53.6 Å². The van der Waals surface area contributed by atoms with Crippen LogP contribution in [0.15, 0.2) is 36.7 Å². The van der Waals surface area contributed by atoms with Crippen LogP contribution >= 0.6 is 23.2 Å². The molecule has 18 heavy (non-hydrogen) atoms. The lowest BCUT2D eigenvalue weighted by Gasteiger charge is -2.04. The van der Waals surface area contributed by atoms with Crippen LogP contribution in [-0.2, 0) is 0 Å². The van der Waals surface area contributed by atoms with Crippen molar-refractivity contribution >= 4 is 45.6 Å². The fourth-order valence-corrected chi connectivity index (χ4v) is 2.01. The van der Waals surface area contributed by atoms with Gasteiger partial charge in [-0.2, -0.15) is 5.10 Å². The van der Waals surface area contributed by atoms with Crippen molar-refractivity contribution in [3.05, 3.63) is 46.7 Å². The molecule has 90 valence electrons. The Morgan fingerprint density at radius 2 is 2.06 bits per heavy atom. The standard InChI is InChI=1S/C12H8Cl2N4/c13-7-1-2-8-10(5-7)17-18-12(8)16-11-6-15-4-3-9(11)14/h1-6H,(H2,16,17,18). The number of hydrogen-bond donors (Lipinski definition) is 2. The summed E-state index contributed by atoms with van der Waals surface area (Å²) in [5, 5.41) is 12.4. The number of halogens is 2. The molecule has 0 spiro atoms. The Kier molecular flexibility index (Phi) is 2.81. The Hall–Kier alpha value is -1.78. The van der Waals surface area contributed by atoms with Crippen LogP contribution < -0.4 is 5.32 Å². The Labute approximate surface area is 113 Å². The number of fused-ring (bicyclic) bond motifs is 1. The summed E-state index contributed by atoms with van der Waals surface area (Å²) in [6.45, 7) is 0. The molecule has 2 heterocycles. The Bertz CT molecular complexity index is 708. The van der Waals surface area contributed by atoms with E-state index in [1.54, 1.807) is 18.5 Å². The summed E-state index contributed by atoms with van der Waals surface area (Å²) in [5.74, 6) is 0.691. The molecule has 2 N–H and O–H groups in total. The quantitative estimate of drug-likeness (QED) is 0.745. The highest BCUT2D eigenvalue weighted by Crippen LogP contribution is 2.28. The molecule has 0 aliphatic rings. The molecule has 0 fully saturated rings. The molecule has 0 aliphatic heterocycles. The van der Waals surface area contributed by atoms with Crippen LogP contribution in [-0.4, -0.2) is 15.2 Å². The highest BCUT2D eigenvalue weighted by Gasteiger charge is 2.07. The van der Waals surface area contributed by atoms with Crippen molar-refractivity contribution in [3.8, 4) is 0 Å². The van der Waals surface area contributed by atoms with E-state index in [1.165, 1.54) is 0 Å². The maximum absolute atomic E-state index is 6.06. The Balaban J connectivity index is 2.03. The van der Waals surface area contributed by atoms with Crippen molar-refractivity contribution < 1.29 is 0 Å². The SMILES string of the molecule is Clc1ccc2c(Nc3cnccc3Cl)n[nH]c2c1. The first-order valence-corrected chi connectivity index (χ1v) is 6.00. The molecule has 0 amide bonds. The van der Waals surface area contributed by atoms with Crippen molar-refractivity contribution in [3.63, 3.8) is 0 Å². The number of nitrogens with one attached hydrogen (secondary N) is 2. The average molecular weight is 279 g/mol. The molecule has 0 unspecified atom stereocenters. The fraction of sp³-hybridized carbons (Fsp3) is 0. The van der Waals surface area contributed by atoms with Crippen molar-refractivity contribution in [2.45, 2.75) is 0 Å². The maximum atomic E-state index is 6.06. The maximum Gasteiger partial charge on any atom is 0.160 e. The van der Waals surface area contributed by atoms with Crippen molar-refractivity contribution in [1.82, 2.24) is 15.2 Å². The minimum Gasteiger partial charge on any atom is -0.336 e. The minimum absolute atomic E-state index is 0.593. The van der Waals surface area contributed by atoms with Crippen LogP contribution in [0.3, 0.4) is 0 Å². The van der Waals surface area contributed by atoms with Gasteiger partial charge in [0.25, 0.3) is 0 Å². The van der Waals surface area contributed by atoms with E-state index in [9.17, 15) is 0 Å². The number of hydrogen-bond acceptors (Lipinski definition) is 3. The van der Waals surface area contributed by atoms with Crippen molar-refractivity contribution in [2.24, 2.45) is 0 Å². The smallest absolute Gasteiger partial charge is 0.160 e. The zero-order valence-electron chi connectivity index (χ0n) is 9.11. The second-order valence-corrected chi connectivity index (χ2v) is 4.59. The average Bonchev–Trinajstić information content (AvgIpc) is 2.74. The first-order valence-electron chi connectivity index (χ1n) is 5.24. The van der Waals surface area contributed by atoms with Gasteiger partial charge in [0.1, 0.15) is 0 Å². The molecular weight excluding hydrogens is 271 g/mol. The van der Waals surface area contributed by atoms with Gasteiger partial charge in [0.05, 0.1) is 22.4 Å². The van der Waals surface area contributed by atoms with Crippen LogP contribution in [0.25, 0.3) is 10.9 Å². The fourth-order valence-electron chi connectivity index (χ4n) is 1.68. The van der Waals surface area contributed by atoms with Crippen LogP contribution in [0.4, 0.5) is 11.5 Å². The largest absolute Gasteiger partial charge is 0.336 e. The number of anilines is 2. The van der Waals surface area contributed by atoms with Crippen molar-refractivity contribution in [1.29, 1.82) is 0 Å². The summed E-state index contributed by atoms with van der Waals surface area (Å²) in [6, 6.07) is 7.25. The van der Waals surface area contributed by atoms with Gasteiger partial charge in [-0.15, -0.1) is 0 Å². The molecule has 3 aromatic rings. The molecular formula is C12H8Cl2N4. The molecule has 3 rings (SSSR count). The molecule has 4 nitrogen and oxygen atoms in total. The summed E-state index contributed by atoms with van der Waals surface area (Å²) in [4.78, 5) is 4.01. The zero-order chi connectivity index (χ0) is 12.5. The monoisotopic (exact) mass is 278 g/mol. The predicted molar refractivity (Wildman–Crippen MR) is 73.6 cm³/mol. The normalized spacial score (nSPS) is 10.8. The second-order valence-electron chi connectivity index (χ2n) is 3.74. The van der Waals surface area contributed by atoms with Crippen LogP contribution in [0.5, 0.6) is 0 Å². The summed E-state index contributed by atoms with van der Waals surface area (Å²) < 4.78 is 0. The van der Waals surface area contributed by atoms with E-state index < -0.39 is 0 Å². The van der Waals surface area contributed by atoms with Gasteiger partial charge in [0, 0.05) is 16.6 Å². The number of aromatic nitrogens is 3. The molecule has 2 aromatic heterocycles. The summed E-state index contributed by atoms with van der Waals surface area (Å²) in [5.41, 5.74) is 1.58. The predicted octanol–water partition coefficient (Wildman–Crippen LogP) is 4.01. The lowest BCUT2D eigenvalue weighted by molar-refractivity contribution is 1.12. The Morgan fingerprint density at radius 1 is 1.17 bits per heavy atom. The third-order valence-electron chi connectivity index (χ3n) is 2.55. The molecule has 0 aliphatic carbocycles. The van der Waals surface area contributed by atoms with Gasteiger partial charge in [-0.25, -0.2) is 0 Å². The third-order valence-corrected chi connectivity index (χ3v) is 3.11. The number of benzene rings is 1. The minimum atomic E-state index is 0.593. The van der Waals surface area contributed by atoms with E-state index in [-0.39, 0.29) is 0 Å². The van der Waals surface area contributed by atoms with E-state index in [0.29, 0.717) is 21.6 Å². The number of nitrogens with zero attached hydrogens (tertiary/aromatic N) is 2. The number of H-pyrrole nitrogens is 1.